The summed E-state index contributed by atoms with van der Waals surface area (Å²) in [6.45, 7) is 1.14. The van der Waals surface area contributed by atoms with E-state index in [2.05, 4.69) is 0 Å². The molecule has 1 amide bonds. The Morgan fingerprint density at radius 3 is 2.78 bits per heavy atom. The molecule has 6 heteroatoms. The van der Waals surface area contributed by atoms with Crippen molar-refractivity contribution in [1.29, 1.82) is 0 Å². The zero-order chi connectivity index (χ0) is 13.7. The molecule has 0 heterocycles. The number of aliphatic hydroxyl groups is 1. The summed E-state index contributed by atoms with van der Waals surface area (Å²) in [5.74, 6) is -0.879. The number of hydrogen-bond acceptors (Lipinski definition) is 4. The summed E-state index contributed by atoms with van der Waals surface area (Å²) in [4.78, 5) is 13.3. The molecule has 0 bridgehead atoms. The maximum Gasteiger partial charge on any atom is 0.255 e. The SMILES string of the molecule is COc1cc(C(=O)N(C)C(C)OCO)ccc1F. The third kappa shape index (κ3) is 3.18. The second kappa shape index (κ2) is 6.32. The lowest BCUT2D eigenvalue weighted by molar-refractivity contribution is -0.0908. The van der Waals surface area contributed by atoms with E-state index in [1.165, 1.54) is 31.2 Å². The molecule has 0 saturated heterocycles. The number of hydrogen-bond donors (Lipinski definition) is 1. The fourth-order valence-electron chi connectivity index (χ4n) is 1.38. The highest BCUT2D eigenvalue weighted by Crippen LogP contribution is 2.19. The number of amides is 1. The summed E-state index contributed by atoms with van der Waals surface area (Å²) < 4.78 is 22.9. The Kier molecular flexibility index (Phi) is 5.06. The largest absolute Gasteiger partial charge is 0.494 e. The molecule has 0 aromatic heterocycles. The van der Waals surface area contributed by atoms with Crippen molar-refractivity contribution in [1.82, 2.24) is 4.90 Å². The average molecular weight is 257 g/mol. The standard InChI is InChI=1S/C12H16FNO4/c1-8(18-7-15)14(2)12(16)9-4-5-10(13)11(6-9)17-3/h4-6,8,15H,7H2,1-3H3. The average Bonchev–Trinajstić information content (AvgIpc) is 2.38. The number of rotatable bonds is 5. The number of carbonyl (C=O) groups excluding carboxylic acids is 1. The van der Waals surface area contributed by atoms with Crippen molar-refractivity contribution in [2.75, 3.05) is 21.0 Å². The van der Waals surface area contributed by atoms with Gasteiger partial charge in [0.2, 0.25) is 0 Å². The number of methoxy groups -OCH3 is 1. The van der Waals surface area contributed by atoms with E-state index in [0.29, 0.717) is 0 Å². The molecule has 0 aliphatic rings. The van der Waals surface area contributed by atoms with Crippen LogP contribution in [0.2, 0.25) is 0 Å². The van der Waals surface area contributed by atoms with Gasteiger partial charge in [0.05, 0.1) is 7.11 Å². The minimum absolute atomic E-state index is 0.00461. The van der Waals surface area contributed by atoms with Gasteiger partial charge >= 0.3 is 0 Å². The smallest absolute Gasteiger partial charge is 0.255 e. The van der Waals surface area contributed by atoms with Gasteiger partial charge in [-0.15, -0.1) is 0 Å². The highest BCUT2D eigenvalue weighted by atomic mass is 19.1. The van der Waals surface area contributed by atoms with Crippen molar-refractivity contribution in [2.24, 2.45) is 0 Å². The first-order valence-electron chi connectivity index (χ1n) is 5.34. The summed E-state index contributed by atoms with van der Waals surface area (Å²) >= 11 is 0. The second-order valence-corrected chi connectivity index (χ2v) is 3.66. The van der Waals surface area contributed by atoms with Crippen LogP contribution in [-0.2, 0) is 4.74 Å². The van der Waals surface area contributed by atoms with Crippen molar-refractivity contribution in [3.8, 4) is 5.75 Å². The van der Waals surface area contributed by atoms with E-state index in [1.807, 2.05) is 0 Å². The van der Waals surface area contributed by atoms with E-state index in [-0.39, 0.29) is 17.2 Å². The van der Waals surface area contributed by atoms with Gasteiger partial charge in [-0.3, -0.25) is 4.79 Å². The van der Waals surface area contributed by atoms with Crippen molar-refractivity contribution < 1.29 is 23.8 Å². The molecular formula is C12H16FNO4. The van der Waals surface area contributed by atoms with Crippen LogP contribution in [-0.4, -0.2) is 43.1 Å². The fraction of sp³-hybridized carbons (Fsp3) is 0.417. The highest BCUT2D eigenvalue weighted by Gasteiger charge is 2.19. The van der Waals surface area contributed by atoms with Crippen LogP contribution in [0, 0.1) is 5.82 Å². The number of benzene rings is 1. The van der Waals surface area contributed by atoms with E-state index < -0.39 is 18.8 Å². The van der Waals surface area contributed by atoms with Gasteiger partial charge < -0.3 is 19.5 Å². The summed E-state index contributed by atoms with van der Waals surface area (Å²) in [6, 6.07) is 3.85. The molecule has 100 valence electrons. The van der Waals surface area contributed by atoms with Crippen LogP contribution in [0.3, 0.4) is 0 Å². The number of halogens is 1. The fourth-order valence-corrected chi connectivity index (χ4v) is 1.38. The van der Waals surface area contributed by atoms with Gasteiger partial charge in [-0.1, -0.05) is 0 Å². The molecule has 0 spiro atoms. The minimum atomic E-state index is -0.585. The molecule has 1 N–H and O–H groups in total. The molecule has 1 atom stereocenters. The van der Waals surface area contributed by atoms with Crippen molar-refractivity contribution in [2.45, 2.75) is 13.2 Å². The maximum absolute atomic E-state index is 13.2. The van der Waals surface area contributed by atoms with Crippen LogP contribution >= 0.6 is 0 Å². The normalized spacial score (nSPS) is 12.1. The first-order chi connectivity index (χ1) is 8.51. The summed E-state index contributed by atoms with van der Waals surface area (Å²) in [5.41, 5.74) is 0.282. The van der Waals surface area contributed by atoms with E-state index >= 15 is 0 Å². The molecule has 0 radical (unpaired) electrons. The van der Waals surface area contributed by atoms with Gasteiger partial charge in [-0.2, -0.15) is 0 Å². The first-order valence-corrected chi connectivity index (χ1v) is 5.34. The Labute approximate surface area is 105 Å². The van der Waals surface area contributed by atoms with Crippen LogP contribution in [0.15, 0.2) is 18.2 Å². The maximum atomic E-state index is 13.2. The van der Waals surface area contributed by atoms with Gasteiger partial charge in [-0.25, -0.2) is 4.39 Å². The predicted octanol–water partition coefficient (Wildman–Crippen LogP) is 1.22. The number of ether oxygens (including phenoxy) is 2. The van der Waals surface area contributed by atoms with Crippen molar-refractivity contribution >= 4 is 5.91 Å². The van der Waals surface area contributed by atoms with Gasteiger partial charge in [0.15, 0.2) is 11.6 Å². The number of aliphatic hydroxyl groups excluding tert-OH is 1. The van der Waals surface area contributed by atoms with Gasteiger partial charge in [0.25, 0.3) is 5.91 Å². The molecule has 0 fully saturated rings. The van der Waals surface area contributed by atoms with E-state index in [4.69, 9.17) is 14.6 Å². The minimum Gasteiger partial charge on any atom is -0.494 e. The van der Waals surface area contributed by atoms with Crippen LogP contribution in [0.25, 0.3) is 0 Å². The van der Waals surface area contributed by atoms with Gasteiger partial charge in [-0.05, 0) is 25.1 Å². The monoisotopic (exact) mass is 257 g/mol. The molecule has 1 aromatic rings. The van der Waals surface area contributed by atoms with E-state index in [1.54, 1.807) is 6.92 Å². The van der Waals surface area contributed by atoms with Crippen molar-refractivity contribution in [3.05, 3.63) is 29.6 Å². The van der Waals surface area contributed by atoms with Crippen molar-refractivity contribution in [3.63, 3.8) is 0 Å². The lowest BCUT2D eigenvalue weighted by Crippen LogP contribution is -2.37. The zero-order valence-electron chi connectivity index (χ0n) is 10.5. The number of carbonyl (C=O) groups is 1. The summed E-state index contributed by atoms with van der Waals surface area (Å²) in [6.07, 6.45) is -0.585. The van der Waals surface area contributed by atoms with E-state index in [0.717, 1.165) is 6.07 Å². The zero-order valence-corrected chi connectivity index (χ0v) is 10.5. The lowest BCUT2D eigenvalue weighted by Gasteiger charge is -2.24. The Balaban J connectivity index is 2.90. The van der Waals surface area contributed by atoms with Crippen LogP contribution < -0.4 is 4.74 Å². The van der Waals surface area contributed by atoms with E-state index in [9.17, 15) is 9.18 Å². The molecule has 1 aromatic carbocycles. The number of nitrogens with zero attached hydrogens (tertiary/aromatic N) is 1. The molecule has 0 saturated carbocycles. The molecule has 1 unspecified atom stereocenters. The van der Waals surface area contributed by atoms with Gasteiger partial charge in [0, 0.05) is 12.6 Å². The first kappa shape index (κ1) is 14.4. The highest BCUT2D eigenvalue weighted by molar-refractivity contribution is 5.94. The topological polar surface area (TPSA) is 59.0 Å². The second-order valence-electron chi connectivity index (χ2n) is 3.66. The van der Waals surface area contributed by atoms with Gasteiger partial charge in [0.1, 0.15) is 13.0 Å². The Morgan fingerprint density at radius 1 is 1.56 bits per heavy atom. The third-order valence-electron chi connectivity index (χ3n) is 2.58. The summed E-state index contributed by atoms with van der Waals surface area (Å²) in [7, 11) is 2.85. The van der Waals surface area contributed by atoms with Crippen LogP contribution in [0.5, 0.6) is 5.75 Å². The molecule has 5 nitrogen and oxygen atoms in total. The van der Waals surface area contributed by atoms with Crippen LogP contribution in [0.1, 0.15) is 17.3 Å². The quantitative estimate of drug-likeness (QED) is 0.806. The third-order valence-corrected chi connectivity index (χ3v) is 2.58. The molecule has 0 aliphatic heterocycles. The molecule has 0 aliphatic carbocycles. The lowest BCUT2D eigenvalue weighted by atomic mass is 10.2. The summed E-state index contributed by atoms with van der Waals surface area (Å²) in [5, 5.41) is 8.63. The Hall–Kier alpha value is -1.66. The molecule has 1 rings (SSSR count). The Morgan fingerprint density at radius 2 is 2.22 bits per heavy atom. The molecule has 18 heavy (non-hydrogen) atoms. The van der Waals surface area contributed by atoms with Crippen LogP contribution in [0.4, 0.5) is 4.39 Å². The predicted molar refractivity (Wildman–Crippen MR) is 62.7 cm³/mol. The Bertz CT molecular complexity index is 425. The molecular weight excluding hydrogens is 241 g/mol.